The third-order valence-corrected chi connectivity index (χ3v) is 5.56. The maximum atomic E-state index is 13.3. The molecule has 0 aliphatic carbocycles. The second-order valence-electron chi connectivity index (χ2n) is 8.03. The first-order chi connectivity index (χ1) is 15.5. The number of aromatic amines is 1. The number of aromatic nitrogens is 6. The molecule has 0 atom stereocenters. The SMILES string of the molecule is Cc1cc(Nc2cc(CN3CCOCC3)n3nc(C)c(Cc4ccc(F)cn4)c3n2)n[nH]1. The van der Waals surface area contributed by atoms with Gasteiger partial charge in [-0.3, -0.25) is 15.0 Å². The molecule has 1 aliphatic heterocycles. The van der Waals surface area contributed by atoms with Gasteiger partial charge < -0.3 is 10.1 Å². The molecule has 5 heterocycles. The fourth-order valence-corrected chi connectivity index (χ4v) is 3.91. The summed E-state index contributed by atoms with van der Waals surface area (Å²) in [7, 11) is 0. The van der Waals surface area contributed by atoms with Crippen molar-refractivity contribution in [3.63, 3.8) is 0 Å². The second-order valence-corrected chi connectivity index (χ2v) is 8.03. The summed E-state index contributed by atoms with van der Waals surface area (Å²) in [6.07, 6.45) is 1.76. The van der Waals surface area contributed by atoms with Crippen LogP contribution in [0.3, 0.4) is 0 Å². The van der Waals surface area contributed by atoms with Crippen LogP contribution in [0.2, 0.25) is 0 Å². The molecule has 10 heteroatoms. The van der Waals surface area contributed by atoms with Gasteiger partial charge in [0.05, 0.1) is 30.8 Å². The third kappa shape index (κ3) is 4.32. The minimum atomic E-state index is -0.350. The van der Waals surface area contributed by atoms with Crippen LogP contribution in [-0.4, -0.2) is 61.0 Å². The molecule has 0 bridgehead atoms. The molecule has 9 nitrogen and oxygen atoms in total. The van der Waals surface area contributed by atoms with E-state index >= 15 is 0 Å². The zero-order valence-corrected chi connectivity index (χ0v) is 18.1. The fourth-order valence-electron chi connectivity index (χ4n) is 3.91. The first-order valence-corrected chi connectivity index (χ1v) is 10.6. The summed E-state index contributed by atoms with van der Waals surface area (Å²) in [5, 5.41) is 15.3. The van der Waals surface area contributed by atoms with Crippen molar-refractivity contribution >= 4 is 17.3 Å². The first kappa shape index (κ1) is 20.5. The molecule has 0 aromatic carbocycles. The van der Waals surface area contributed by atoms with E-state index in [1.807, 2.05) is 30.5 Å². The number of nitrogens with one attached hydrogen (secondary N) is 2. The van der Waals surface area contributed by atoms with Crippen molar-refractivity contribution in [1.29, 1.82) is 0 Å². The molecule has 5 rings (SSSR count). The molecule has 0 spiro atoms. The summed E-state index contributed by atoms with van der Waals surface area (Å²) in [4.78, 5) is 11.4. The Morgan fingerprint density at radius 2 is 2.00 bits per heavy atom. The average Bonchev–Trinajstić information content (AvgIpc) is 3.33. The maximum Gasteiger partial charge on any atom is 0.161 e. The predicted octanol–water partition coefficient (Wildman–Crippen LogP) is 2.77. The van der Waals surface area contributed by atoms with Crippen molar-refractivity contribution in [2.45, 2.75) is 26.8 Å². The first-order valence-electron chi connectivity index (χ1n) is 10.6. The topological polar surface area (TPSA) is 96.3 Å². The quantitative estimate of drug-likeness (QED) is 0.480. The van der Waals surface area contributed by atoms with E-state index in [9.17, 15) is 4.39 Å². The molecule has 2 N–H and O–H groups in total. The Kier molecular flexibility index (Phi) is 5.54. The van der Waals surface area contributed by atoms with Gasteiger partial charge in [-0.2, -0.15) is 10.2 Å². The van der Waals surface area contributed by atoms with E-state index in [2.05, 4.69) is 25.4 Å². The van der Waals surface area contributed by atoms with Gasteiger partial charge in [-0.05, 0) is 26.0 Å². The number of H-pyrrole nitrogens is 1. The molecule has 1 aliphatic rings. The Labute approximate surface area is 184 Å². The van der Waals surface area contributed by atoms with E-state index in [4.69, 9.17) is 14.8 Å². The van der Waals surface area contributed by atoms with Crippen LogP contribution < -0.4 is 5.32 Å². The van der Waals surface area contributed by atoms with Crippen molar-refractivity contribution < 1.29 is 9.13 Å². The van der Waals surface area contributed by atoms with Crippen LogP contribution in [0.5, 0.6) is 0 Å². The van der Waals surface area contributed by atoms with E-state index in [0.717, 1.165) is 66.8 Å². The summed E-state index contributed by atoms with van der Waals surface area (Å²) in [5.41, 5.74) is 5.35. The number of nitrogens with zero attached hydrogens (tertiary/aromatic N) is 6. The van der Waals surface area contributed by atoms with Gasteiger partial charge >= 0.3 is 0 Å². The lowest BCUT2D eigenvalue weighted by atomic mass is 10.1. The zero-order chi connectivity index (χ0) is 22.1. The number of fused-ring (bicyclic) bond motifs is 1. The van der Waals surface area contributed by atoms with Crippen LogP contribution in [0.15, 0.2) is 30.5 Å². The molecule has 32 heavy (non-hydrogen) atoms. The number of morpholine rings is 1. The predicted molar refractivity (Wildman–Crippen MR) is 117 cm³/mol. The van der Waals surface area contributed by atoms with Crippen molar-refractivity contribution in [3.8, 4) is 0 Å². The minimum absolute atomic E-state index is 0.350. The van der Waals surface area contributed by atoms with E-state index in [1.54, 1.807) is 6.07 Å². The fraction of sp³-hybridized carbons (Fsp3) is 0.364. The van der Waals surface area contributed by atoms with Crippen LogP contribution >= 0.6 is 0 Å². The Balaban J connectivity index is 1.55. The van der Waals surface area contributed by atoms with Crippen LogP contribution in [0.1, 0.15) is 28.3 Å². The monoisotopic (exact) mass is 436 g/mol. The highest BCUT2D eigenvalue weighted by atomic mass is 19.1. The summed E-state index contributed by atoms with van der Waals surface area (Å²) in [6, 6.07) is 7.06. The molecule has 0 amide bonds. The molecule has 0 radical (unpaired) electrons. The number of hydrogen-bond acceptors (Lipinski definition) is 7. The van der Waals surface area contributed by atoms with Gasteiger partial charge in [-0.15, -0.1) is 0 Å². The van der Waals surface area contributed by atoms with E-state index in [1.165, 1.54) is 12.3 Å². The number of halogens is 1. The van der Waals surface area contributed by atoms with Crippen molar-refractivity contribution in [2.24, 2.45) is 0 Å². The number of pyridine rings is 1. The summed E-state index contributed by atoms with van der Waals surface area (Å²) in [6.45, 7) is 7.85. The summed E-state index contributed by atoms with van der Waals surface area (Å²) >= 11 is 0. The summed E-state index contributed by atoms with van der Waals surface area (Å²) < 4.78 is 20.7. The van der Waals surface area contributed by atoms with Crippen LogP contribution in [0.25, 0.3) is 5.65 Å². The second kappa shape index (κ2) is 8.64. The van der Waals surface area contributed by atoms with Gasteiger partial charge in [0, 0.05) is 55.1 Å². The highest BCUT2D eigenvalue weighted by Gasteiger charge is 2.19. The molecule has 1 saturated heterocycles. The lowest BCUT2D eigenvalue weighted by Crippen LogP contribution is -2.36. The highest BCUT2D eigenvalue weighted by Crippen LogP contribution is 2.24. The average molecular weight is 436 g/mol. The van der Waals surface area contributed by atoms with Gasteiger partial charge in [-0.25, -0.2) is 13.9 Å². The number of anilines is 2. The molecular formula is C22H25FN8O. The zero-order valence-electron chi connectivity index (χ0n) is 18.1. The molecule has 4 aromatic rings. The van der Waals surface area contributed by atoms with Crippen LogP contribution in [0, 0.1) is 19.7 Å². The van der Waals surface area contributed by atoms with Crippen molar-refractivity contribution in [3.05, 3.63) is 64.6 Å². The lowest BCUT2D eigenvalue weighted by molar-refractivity contribution is 0.0334. The largest absolute Gasteiger partial charge is 0.379 e. The third-order valence-electron chi connectivity index (χ3n) is 5.56. The van der Waals surface area contributed by atoms with E-state index < -0.39 is 0 Å². The van der Waals surface area contributed by atoms with Crippen LogP contribution in [-0.2, 0) is 17.7 Å². The number of aryl methyl sites for hydroxylation is 2. The lowest BCUT2D eigenvalue weighted by Gasteiger charge is -2.26. The van der Waals surface area contributed by atoms with Gasteiger partial charge in [0.25, 0.3) is 0 Å². The molecular weight excluding hydrogens is 411 g/mol. The molecule has 0 saturated carbocycles. The normalized spacial score (nSPS) is 14.8. The molecule has 0 unspecified atom stereocenters. The Morgan fingerprint density at radius 3 is 2.72 bits per heavy atom. The van der Waals surface area contributed by atoms with Crippen molar-refractivity contribution in [1.82, 2.24) is 34.7 Å². The Morgan fingerprint density at radius 1 is 1.16 bits per heavy atom. The van der Waals surface area contributed by atoms with Crippen LogP contribution in [0.4, 0.5) is 16.0 Å². The highest BCUT2D eigenvalue weighted by molar-refractivity contribution is 5.60. The molecule has 1 fully saturated rings. The van der Waals surface area contributed by atoms with Gasteiger partial charge in [0.15, 0.2) is 11.5 Å². The summed E-state index contributed by atoms with van der Waals surface area (Å²) in [5.74, 6) is 1.05. The van der Waals surface area contributed by atoms with Crippen molar-refractivity contribution in [2.75, 3.05) is 31.6 Å². The molecule has 4 aromatic heterocycles. The Bertz CT molecular complexity index is 1230. The Hall–Kier alpha value is -3.37. The van der Waals surface area contributed by atoms with Gasteiger partial charge in [0.1, 0.15) is 11.6 Å². The number of rotatable bonds is 6. The number of ether oxygens (including phenoxy) is 1. The smallest absolute Gasteiger partial charge is 0.161 e. The van der Waals surface area contributed by atoms with E-state index in [0.29, 0.717) is 18.1 Å². The van der Waals surface area contributed by atoms with E-state index in [-0.39, 0.29) is 5.82 Å². The van der Waals surface area contributed by atoms with Gasteiger partial charge in [-0.1, -0.05) is 0 Å². The minimum Gasteiger partial charge on any atom is -0.379 e. The standard InChI is InChI=1S/C22H25FN8O/c1-14-9-21(28-27-14)25-20-11-18(13-30-5-7-32-8-6-30)31-22(26-20)19(15(2)29-31)10-17-4-3-16(23)12-24-17/h3-4,9,11-12H,5-8,10,13H2,1-2H3,(H2,25,26,27,28). The maximum absolute atomic E-state index is 13.3. The van der Waals surface area contributed by atoms with Gasteiger partial charge in [0.2, 0.25) is 0 Å². The number of hydrogen-bond donors (Lipinski definition) is 2. The molecule has 166 valence electrons.